The normalized spacial score (nSPS) is 18.3. The zero-order valence-corrected chi connectivity index (χ0v) is 15.6. The third-order valence-corrected chi connectivity index (χ3v) is 4.52. The van der Waals surface area contributed by atoms with Gasteiger partial charge in [0, 0.05) is 25.2 Å². The minimum Gasteiger partial charge on any atom is -0.356 e. The number of rotatable bonds is 5. The predicted molar refractivity (Wildman–Crippen MR) is 98.1 cm³/mol. The summed E-state index contributed by atoms with van der Waals surface area (Å²) in [5.74, 6) is 0.346. The van der Waals surface area contributed by atoms with Gasteiger partial charge in [0.1, 0.15) is 0 Å². The van der Waals surface area contributed by atoms with Crippen LogP contribution in [0.5, 0.6) is 0 Å². The van der Waals surface area contributed by atoms with Gasteiger partial charge in [-0.1, -0.05) is 52.8 Å². The SMILES string of the molecule is CC(C)CCNC(=O)C1CC(=O)N(c2ccccc2C(C)(C)C)C1. The molecule has 1 aliphatic rings. The van der Waals surface area contributed by atoms with Crippen molar-refractivity contribution in [3.63, 3.8) is 0 Å². The molecule has 1 atom stereocenters. The van der Waals surface area contributed by atoms with E-state index in [1.807, 2.05) is 18.2 Å². The van der Waals surface area contributed by atoms with E-state index in [1.54, 1.807) is 4.90 Å². The van der Waals surface area contributed by atoms with Crippen molar-refractivity contribution in [3.8, 4) is 0 Å². The van der Waals surface area contributed by atoms with Crippen LogP contribution in [-0.2, 0) is 15.0 Å². The summed E-state index contributed by atoms with van der Waals surface area (Å²) < 4.78 is 0. The lowest BCUT2D eigenvalue weighted by Gasteiger charge is -2.27. The first-order valence-corrected chi connectivity index (χ1v) is 8.87. The first kappa shape index (κ1) is 18.5. The zero-order valence-electron chi connectivity index (χ0n) is 15.6. The number of carbonyl (C=O) groups is 2. The number of hydrogen-bond donors (Lipinski definition) is 1. The van der Waals surface area contributed by atoms with Crippen LogP contribution in [0.25, 0.3) is 0 Å². The molecule has 0 saturated carbocycles. The van der Waals surface area contributed by atoms with Crippen molar-refractivity contribution in [2.45, 2.75) is 52.9 Å². The number of anilines is 1. The molecule has 2 amide bonds. The van der Waals surface area contributed by atoms with E-state index >= 15 is 0 Å². The second kappa shape index (κ2) is 7.37. The number of hydrogen-bond acceptors (Lipinski definition) is 2. The summed E-state index contributed by atoms with van der Waals surface area (Å²) in [4.78, 5) is 26.6. The van der Waals surface area contributed by atoms with Gasteiger partial charge in [-0.2, -0.15) is 0 Å². The van der Waals surface area contributed by atoms with E-state index in [-0.39, 0.29) is 23.1 Å². The summed E-state index contributed by atoms with van der Waals surface area (Å²) in [7, 11) is 0. The van der Waals surface area contributed by atoms with E-state index in [4.69, 9.17) is 0 Å². The zero-order chi connectivity index (χ0) is 17.9. The maximum atomic E-state index is 12.5. The largest absolute Gasteiger partial charge is 0.356 e. The van der Waals surface area contributed by atoms with Crippen LogP contribution >= 0.6 is 0 Å². The Balaban J connectivity index is 2.10. The topological polar surface area (TPSA) is 49.4 Å². The van der Waals surface area contributed by atoms with E-state index < -0.39 is 0 Å². The minimum atomic E-state index is -0.252. The molecular weight excluding hydrogens is 300 g/mol. The van der Waals surface area contributed by atoms with E-state index in [1.165, 1.54) is 0 Å². The van der Waals surface area contributed by atoms with Gasteiger partial charge in [0.05, 0.1) is 5.92 Å². The fourth-order valence-electron chi connectivity index (χ4n) is 3.09. The molecule has 1 unspecified atom stereocenters. The molecule has 1 N–H and O–H groups in total. The maximum Gasteiger partial charge on any atom is 0.227 e. The van der Waals surface area contributed by atoms with Gasteiger partial charge in [0.2, 0.25) is 11.8 Å². The van der Waals surface area contributed by atoms with Crippen molar-refractivity contribution in [1.82, 2.24) is 5.32 Å². The standard InChI is InChI=1S/C20H30N2O2/c1-14(2)10-11-21-19(24)15-12-18(23)22(13-15)17-9-7-6-8-16(17)20(3,4)5/h6-9,14-15H,10-13H2,1-5H3,(H,21,24). The van der Waals surface area contributed by atoms with Gasteiger partial charge in [0.25, 0.3) is 0 Å². The molecule has 132 valence electrons. The van der Waals surface area contributed by atoms with Crippen LogP contribution < -0.4 is 10.2 Å². The van der Waals surface area contributed by atoms with Gasteiger partial charge in [-0.05, 0) is 29.4 Å². The minimum absolute atomic E-state index is 0.000241. The summed E-state index contributed by atoms with van der Waals surface area (Å²) >= 11 is 0. The van der Waals surface area contributed by atoms with Crippen molar-refractivity contribution >= 4 is 17.5 Å². The summed E-state index contributed by atoms with van der Waals surface area (Å²) in [5, 5.41) is 2.98. The first-order chi connectivity index (χ1) is 11.2. The van der Waals surface area contributed by atoms with E-state index in [0.29, 0.717) is 25.4 Å². The second-order valence-electron chi connectivity index (χ2n) is 8.15. The van der Waals surface area contributed by atoms with Gasteiger partial charge >= 0.3 is 0 Å². The number of amides is 2. The molecule has 0 aliphatic carbocycles. The Morgan fingerprint density at radius 2 is 1.96 bits per heavy atom. The lowest BCUT2D eigenvalue weighted by molar-refractivity contribution is -0.126. The molecule has 0 radical (unpaired) electrons. The molecule has 1 heterocycles. The monoisotopic (exact) mass is 330 g/mol. The molecule has 4 nitrogen and oxygen atoms in total. The molecule has 1 fully saturated rings. The van der Waals surface area contributed by atoms with Crippen LogP contribution in [0.3, 0.4) is 0 Å². The van der Waals surface area contributed by atoms with Crippen molar-refractivity contribution in [2.75, 3.05) is 18.0 Å². The Kier molecular flexibility index (Phi) is 5.68. The number of carbonyl (C=O) groups excluding carboxylic acids is 2. The maximum absolute atomic E-state index is 12.5. The highest BCUT2D eigenvalue weighted by molar-refractivity contribution is 6.01. The summed E-state index contributed by atoms with van der Waals surface area (Å²) in [6.07, 6.45) is 1.26. The Bertz CT molecular complexity index is 602. The highest BCUT2D eigenvalue weighted by Crippen LogP contribution is 2.35. The Hall–Kier alpha value is -1.84. The average molecular weight is 330 g/mol. The number of nitrogens with one attached hydrogen (secondary N) is 1. The van der Waals surface area contributed by atoms with Crippen LogP contribution in [0.4, 0.5) is 5.69 Å². The number of para-hydroxylation sites is 1. The molecule has 0 bridgehead atoms. The molecule has 0 aromatic heterocycles. The van der Waals surface area contributed by atoms with Crippen molar-refractivity contribution in [3.05, 3.63) is 29.8 Å². The summed E-state index contributed by atoms with van der Waals surface area (Å²) in [5.41, 5.74) is 2.03. The van der Waals surface area contributed by atoms with Crippen molar-refractivity contribution in [2.24, 2.45) is 11.8 Å². The van der Waals surface area contributed by atoms with Gasteiger partial charge in [-0.15, -0.1) is 0 Å². The Morgan fingerprint density at radius 1 is 1.29 bits per heavy atom. The lowest BCUT2D eigenvalue weighted by Crippen LogP contribution is -2.34. The smallest absolute Gasteiger partial charge is 0.227 e. The van der Waals surface area contributed by atoms with Gasteiger partial charge in [0.15, 0.2) is 0 Å². The Morgan fingerprint density at radius 3 is 2.58 bits per heavy atom. The molecule has 1 aromatic rings. The van der Waals surface area contributed by atoms with Crippen molar-refractivity contribution < 1.29 is 9.59 Å². The van der Waals surface area contributed by atoms with Crippen LogP contribution in [0.15, 0.2) is 24.3 Å². The molecule has 24 heavy (non-hydrogen) atoms. The molecule has 4 heteroatoms. The van der Waals surface area contributed by atoms with Gasteiger partial charge in [-0.3, -0.25) is 9.59 Å². The molecule has 2 rings (SSSR count). The number of benzene rings is 1. The lowest BCUT2D eigenvalue weighted by atomic mass is 9.85. The van der Waals surface area contributed by atoms with E-state index in [0.717, 1.165) is 17.7 Å². The Labute approximate surface area is 145 Å². The summed E-state index contributed by atoms with van der Waals surface area (Å²) in [6, 6.07) is 8.00. The molecule has 0 spiro atoms. The highest BCUT2D eigenvalue weighted by Gasteiger charge is 2.36. The molecule has 1 saturated heterocycles. The van der Waals surface area contributed by atoms with Gasteiger partial charge in [-0.25, -0.2) is 0 Å². The third-order valence-electron chi connectivity index (χ3n) is 4.52. The fraction of sp³-hybridized carbons (Fsp3) is 0.600. The van der Waals surface area contributed by atoms with Crippen LogP contribution in [-0.4, -0.2) is 24.9 Å². The summed E-state index contributed by atoms with van der Waals surface area (Å²) in [6.45, 7) is 11.8. The third kappa shape index (κ3) is 4.37. The highest BCUT2D eigenvalue weighted by atomic mass is 16.2. The fourth-order valence-corrected chi connectivity index (χ4v) is 3.09. The van der Waals surface area contributed by atoms with Crippen LogP contribution in [0.1, 0.15) is 53.0 Å². The first-order valence-electron chi connectivity index (χ1n) is 8.87. The molecule has 1 aliphatic heterocycles. The van der Waals surface area contributed by atoms with Crippen molar-refractivity contribution in [1.29, 1.82) is 0 Å². The average Bonchev–Trinajstić information content (AvgIpc) is 2.88. The predicted octanol–water partition coefficient (Wildman–Crippen LogP) is 3.50. The molecule has 1 aromatic carbocycles. The number of nitrogens with zero attached hydrogens (tertiary/aromatic N) is 1. The van der Waals surface area contributed by atoms with E-state index in [9.17, 15) is 9.59 Å². The second-order valence-corrected chi connectivity index (χ2v) is 8.15. The van der Waals surface area contributed by atoms with Crippen LogP contribution in [0.2, 0.25) is 0 Å². The van der Waals surface area contributed by atoms with E-state index in [2.05, 4.69) is 46.0 Å². The quantitative estimate of drug-likeness (QED) is 0.898. The van der Waals surface area contributed by atoms with Gasteiger partial charge < -0.3 is 10.2 Å². The molecular formula is C20H30N2O2. The van der Waals surface area contributed by atoms with Crippen LogP contribution in [0, 0.1) is 11.8 Å².